The molecule has 1 aliphatic rings. The Morgan fingerprint density at radius 1 is 1.40 bits per heavy atom. The maximum atomic E-state index is 5.92. The first-order chi connectivity index (χ1) is 7.11. The van der Waals surface area contributed by atoms with Crippen molar-refractivity contribution >= 4 is 11.4 Å². The van der Waals surface area contributed by atoms with E-state index < -0.39 is 0 Å². The van der Waals surface area contributed by atoms with E-state index in [2.05, 4.69) is 31.9 Å². The SMILES string of the molecule is Cc1c(N)cccc1N(C)C(C)C1CC1. The third-order valence-corrected chi connectivity index (χ3v) is 3.64. The number of nitrogens with two attached hydrogens (primary N) is 1. The summed E-state index contributed by atoms with van der Waals surface area (Å²) >= 11 is 0. The molecule has 2 nitrogen and oxygen atoms in total. The van der Waals surface area contributed by atoms with Gasteiger partial charge in [0.05, 0.1) is 0 Å². The molecule has 0 radical (unpaired) electrons. The van der Waals surface area contributed by atoms with Gasteiger partial charge >= 0.3 is 0 Å². The Kier molecular flexibility index (Phi) is 2.59. The molecule has 1 fully saturated rings. The Bertz CT molecular complexity index is 356. The van der Waals surface area contributed by atoms with Crippen LogP contribution in [0.5, 0.6) is 0 Å². The Morgan fingerprint density at radius 2 is 2.07 bits per heavy atom. The lowest BCUT2D eigenvalue weighted by molar-refractivity contribution is 0.608. The van der Waals surface area contributed by atoms with Gasteiger partial charge in [-0.2, -0.15) is 0 Å². The molecule has 15 heavy (non-hydrogen) atoms. The minimum absolute atomic E-state index is 0.630. The van der Waals surface area contributed by atoms with Gasteiger partial charge in [0.2, 0.25) is 0 Å². The summed E-state index contributed by atoms with van der Waals surface area (Å²) in [6.45, 7) is 4.40. The molecule has 0 heterocycles. The van der Waals surface area contributed by atoms with E-state index in [0.29, 0.717) is 6.04 Å². The molecule has 1 aromatic rings. The largest absolute Gasteiger partial charge is 0.398 e. The van der Waals surface area contributed by atoms with Crippen molar-refractivity contribution in [3.8, 4) is 0 Å². The highest BCUT2D eigenvalue weighted by Gasteiger charge is 2.31. The summed E-state index contributed by atoms with van der Waals surface area (Å²) in [6.07, 6.45) is 2.76. The van der Waals surface area contributed by atoms with Crippen LogP contribution in [0.1, 0.15) is 25.3 Å². The molecule has 82 valence electrons. The van der Waals surface area contributed by atoms with Crippen LogP contribution in [0, 0.1) is 12.8 Å². The molecule has 1 aliphatic carbocycles. The summed E-state index contributed by atoms with van der Waals surface area (Å²) in [4.78, 5) is 2.36. The molecule has 1 aromatic carbocycles. The number of hydrogen-bond acceptors (Lipinski definition) is 2. The van der Waals surface area contributed by atoms with E-state index in [1.807, 2.05) is 12.1 Å². The zero-order valence-electron chi connectivity index (χ0n) is 9.83. The van der Waals surface area contributed by atoms with Gasteiger partial charge < -0.3 is 10.6 Å². The van der Waals surface area contributed by atoms with E-state index in [9.17, 15) is 0 Å². The summed E-state index contributed by atoms with van der Waals surface area (Å²) in [5.41, 5.74) is 9.29. The van der Waals surface area contributed by atoms with Crippen LogP contribution in [0.25, 0.3) is 0 Å². The predicted octanol–water partition coefficient (Wildman–Crippen LogP) is 2.81. The van der Waals surface area contributed by atoms with E-state index in [-0.39, 0.29) is 0 Å². The van der Waals surface area contributed by atoms with E-state index >= 15 is 0 Å². The first-order valence-corrected chi connectivity index (χ1v) is 5.69. The van der Waals surface area contributed by atoms with Crippen molar-refractivity contribution in [3.63, 3.8) is 0 Å². The number of rotatable bonds is 3. The lowest BCUT2D eigenvalue weighted by Gasteiger charge is -2.29. The Labute approximate surface area is 92.1 Å². The molecule has 0 spiro atoms. The molecule has 0 amide bonds. The lowest BCUT2D eigenvalue weighted by atomic mass is 10.1. The van der Waals surface area contributed by atoms with E-state index in [1.54, 1.807) is 0 Å². The lowest BCUT2D eigenvalue weighted by Crippen LogP contribution is -2.31. The van der Waals surface area contributed by atoms with Crippen LogP contribution < -0.4 is 10.6 Å². The molecule has 1 atom stereocenters. The van der Waals surface area contributed by atoms with Crippen molar-refractivity contribution in [3.05, 3.63) is 23.8 Å². The second-order valence-corrected chi connectivity index (χ2v) is 4.68. The number of nitrogen functional groups attached to an aromatic ring is 1. The summed E-state index contributed by atoms with van der Waals surface area (Å²) in [6, 6.07) is 6.79. The highest BCUT2D eigenvalue weighted by molar-refractivity contribution is 5.64. The molecule has 2 heteroatoms. The first-order valence-electron chi connectivity index (χ1n) is 5.69. The minimum atomic E-state index is 0.630. The quantitative estimate of drug-likeness (QED) is 0.767. The predicted molar refractivity (Wildman–Crippen MR) is 66.2 cm³/mol. The smallest absolute Gasteiger partial charge is 0.0416 e. The van der Waals surface area contributed by atoms with Gasteiger partial charge in [0.25, 0.3) is 0 Å². The number of benzene rings is 1. The highest BCUT2D eigenvalue weighted by atomic mass is 15.1. The van der Waals surface area contributed by atoms with Crippen LogP contribution in [-0.4, -0.2) is 13.1 Å². The zero-order chi connectivity index (χ0) is 11.0. The maximum Gasteiger partial charge on any atom is 0.0416 e. The minimum Gasteiger partial charge on any atom is -0.398 e. The van der Waals surface area contributed by atoms with Crippen molar-refractivity contribution in [1.29, 1.82) is 0 Å². The van der Waals surface area contributed by atoms with Crippen molar-refractivity contribution in [2.75, 3.05) is 17.7 Å². The van der Waals surface area contributed by atoms with Crippen LogP contribution >= 0.6 is 0 Å². The van der Waals surface area contributed by atoms with Crippen molar-refractivity contribution in [1.82, 2.24) is 0 Å². The fourth-order valence-electron chi connectivity index (χ4n) is 2.14. The Balaban J connectivity index is 2.24. The van der Waals surface area contributed by atoms with Gasteiger partial charge in [-0.1, -0.05) is 6.07 Å². The topological polar surface area (TPSA) is 29.3 Å². The Morgan fingerprint density at radius 3 is 2.67 bits per heavy atom. The summed E-state index contributed by atoms with van der Waals surface area (Å²) < 4.78 is 0. The molecule has 2 rings (SSSR count). The molecule has 2 N–H and O–H groups in total. The second-order valence-electron chi connectivity index (χ2n) is 4.68. The third kappa shape index (κ3) is 1.94. The molecule has 1 unspecified atom stereocenters. The van der Waals surface area contributed by atoms with E-state index in [1.165, 1.54) is 24.1 Å². The van der Waals surface area contributed by atoms with Gasteiger partial charge in [-0.05, 0) is 50.3 Å². The van der Waals surface area contributed by atoms with Gasteiger partial charge in [0, 0.05) is 24.5 Å². The maximum absolute atomic E-state index is 5.92. The number of nitrogens with zero attached hydrogens (tertiary/aromatic N) is 1. The van der Waals surface area contributed by atoms with E-state index in [4.69, 9.17) is 5.73 Å². The fourth-order valence-corrected chi connectivity index (χ4v) is 2.14. The van der Waals surface area contributed by atoms with Crippen molar-refractivity contribution in [2.45, 2.75) is 32.7 Å². The van der Waals surface area contributed by atoms with Crippen LogP contribution in [0.15, 0.2) is 18.2 Å². The average Bonchev–Trinajstić information content (AvgIpc) is 3.03. The highest BCUT2D eigenvalue weighted by Crippen LogP contribution is 2.37. The summed E-state index contributed by atoms with van der Waals surface area (Å²) in [7, 11) is 2.17. The molecular formula is C13H20N2. The molecule has 0 aromatic heterocycles. The van der Waals surface area contributed by atoms with Crippen molar-refractivity contribution in [2.24, 2.45) is 5.92 Å². The number of hydrogen-bond donors (Lipinski definition) is 1. The zero-order valence-corrected chi connectivity index (χ0v) is 9.83. The molecule has 0 aliphatic heterocycles. The molecule has 1 saturated carbocycles. The van der Waals surface area contributed by atoms with Crippen LogP contribution in [-0.2, 0) is 0 Å². The normalized spacial score (nSPS) is 17.5. The summed E-state index contributed by atoms with van der Waals surface area (Å²) in [5.74, 6) is 0.885. The molecular weight excluding hydrogens is 184 g/mol. The monoisotopic (exact) mass is 204 g/mol. The van der Waals surface area contributed by atoms with Gasteiger partial charge in [-0.25, -0.2) is 0 Å². The summed E-state index contributed by atoms with van der Waals surface area (Å²) in [5, 5.41) is 0. The van der Waals surface area contributed by atoms with Crippen LogP contribution in [0.4, 0.5) is 11.4 Å². The fraction of sp³-hybridized carbons (Fsp3) is 0.538. The second kappa shape index (κ2) is 3.76. The molecule has 0 saturated heterocycles. The Hall–Kier alpha value is -1.18. The van der Waals surface area contributed by atoms with Gasteiger partial charge in [0.15, 0.2) is 0 Å². The molecule has 0 bridgehead atoms. The average molecular weight is 204 g/mol. The van der Waals surface area contributed by atoms with Crippen LogP contribution in [0.3, 0.4) is 0 Å². The van der Waals surface area contributed by atoms with Crippen LogP contribution in [0.2, 0.25) is 0 Å². The third-order valence-electron chi connectivity index (χ3n) is 3.64. The van der Waals surface area contributed by atoms with Gasteiger partial charge in [-0.3, -0.25) is 0 Å². The van der Waals surface area contributed by atoms with Gasteiger partial charge in [0.1, 0.15) is 0 Å². The standard InChI is InChI=1S/C13H20N2/c1-9-12(14)5-4-6-13(9)15(3)10(2)11-7-8-11/h4-6,10-11H,7-8,14H2,1-3H3. The van der Waals surface area contributed by atoms with Gasteiger partial charge in [-0.15, -0.1) is 0 Å². The number of anilines is 2. The van der Waals surface area contributed by atoms with Crippen molar-refractivity contribution < 1.29 is 0 Å². The van der Waals surface area contributed by atoms with E-state index in [0.717, 1.165) is 11.6 Å². The first kappa shape index (κ1) is 10.3.